The highest BCUT2D eigenvalue weighted by molar-refractivity contribution is 6.07. The number of carbonyl (C=O) groups excluding carboxylic acids is 2. The van der Waals surface area contributed by atoms with E-state index in [4.69, 9.17) is 10.5 Å². The summed E-state index contributed by atoms with van der Waals surface area (Å²) in [5.74, 6) is 0.0979. The highest BCUT2D eigenvalue weighted by Crippen LogP contribution is 2.33. The number of amides is 2. The van der Waals surface area contributed by atoms with Crippen LogP contribution < -0.4 is 15.8 Å². The van der Waals surface area contributed by atoms with Gasteiger partial charge in [0.15, 0.2) is 0 Å². The molecule has 0 saturated carbocycles. The molecule has 0 saturated heterocycles. The summed E-state index contributed by atoms with van der Waals surface area (Å²) in [6, 6.07) is 15.6. The van der Waals surface area contributed by atoms with Crippen LogP contribution in [-0.2, 0) is 5.41 Å². The lowest BCUT2D eigenvalue weighted by atomic mass is 9.86. The Labute approximate surface area is 180 Å². The molecule has 0 spiro atoms. The first kappa shape index (κ1) is 21.0. The number of nitrogens with one attached hydrogen (secondary N) is 1. The third kappa shape index (κ3) is 4.84. The number of nitrogens with zero attached hydrogens (tertiary/aromatic N) is 1. The van der Waals surface area contributed by atoms with Crippen LogP contribution in [0.1, 0.15) is 57.0 Å². The third-order valence-electron chi connectivity index (χ3n) is 4.68. The van der Waals surface area contributed by atoms with Crippen molar-refractivity contribution in [1.82, 2.24) is 4.98 Å². The van der Waals surface area contributed by atoms with Crippen LogP contribution in [0.4, 0.5) is 5.69 Å². The van der Waals surface area contributed by atoms with Crippen molar-refractivity contribution < 1.29 is 18.6 Å². The van der Waals surface area contributed by atoms with Crippen molar-refractivity contribution in [2.75, 3.05) is 5.32 Å². The standard InChI is InChI=1S/C24H25N3O3.3H2/c1-15-20(9-6-12-26-15)30-21-14-17(24(2,3)4)10-11-19(21)23(29)27-18-8-5-7-16(13-18)22(25)28;;;/h5-14H,1-4H3,(H2,25,28)(H,27,29);3*1H. The molecule has 3 rings (SSSR count). The molecule has 0 radical (unpaired) electrons. The summed E-state index contributed by atoms with van der Waals surface area (Å²) in [5.41, 5.74) is 8.13. The van der Waals surface area contributed by atoms with E-state index in [9.17, 15) is 9.59 Å². The smallest absolute Gasteiger partial charge is 0.259 e. The molecule has 1 heterocycles. The minimum atomic E-state index is -0.559. The average Bonchev–Trinajstić information content (AvgIpc) is 2.69. The lowest BCUT2D eigenvalue weighted by molar-refractivity contribution is 0.0995. The van der Waals surface area contributed by atoms with Crippen molar-refractivity contribution in [2.45, 2.75) is 33.1 Å². The van der Waals surface area contributed by atoms with Gasteiger partial charge in [0.1, 0.15) is 11.5 Å². The first-order valence-corrected chi connectivity index (χ1v) is 9.60. The predicted octanol–water partition coefficient (Wildman–Crippen LogP) is 5.57. The summed E-state index contributed by atoms with van der Waals surface area (Å²) in [6.07, 6.45) is 1.69. The monoisotopic (exact) mass is 409 g/mol. The number of aromatic nitrogens is 1. The van der Waals surface area contributed by atoms with E-state index in [1.54, 1.807) is 36.5 Å². The summed E-state index contributed by atoms with van der Waals surface area (Å²) in [7, 11) is 0. The fraction of sp³-hybridized carbons (Fsp3) is 0.208. The van der Waals surface area contributed by atoms with E-state index < -0.39 is 5.91 Å². The number of ether oxygens (including phenoxy) is 1. The molecule has 3 N–H and O–H groups in total. The van der Waals surface area contributed by atoms with Gasteiger partial charge in [-0.2, -0.15) is 0 Å². The third-order valence-corrected chi connectivity index (χ3v) is 4.68. The molecule has 0 bridgehead atoms. The van der Waals surface area contributed by atoms with Crippen LogP contribution in [0.15, 0.2) is 60.8 Å². The Morgan fingerprint density at radius 1 is 1.03 bits per heavy atom. The molecule has 0 aliphatic rings. The summed E-state index contributed by atoms with van der Waals surface area (Å²) in [4.78, 5) is 28.7. The molecule has 6 heteroatoms. The number of pyridine rings is 1. The zero-order chi connectivity index (χ0) is 21.9. The maximum absolute atomic E-state index is 13.0. The molecule has 3 aromatic rings. The molecule has 2 aromatic carbocycles. The van der Waals surface area contributed by atoms with Crippen LogP contribution in [0.2, 0.25) is 0 Å². The summed E-state index contributed by atoms with van der Waals surface area (Å²) in [6.45, 7) is 8.13. The molecular weight excluding hydrogens is 378 g/mol. The van der Waals surface area contributed by atoms with E-state index in [0.29, 0.717) is 28.3 Å². The van der Waals surface area contributed by atoms with Gasteiger partial charge in [-0.3, -0.25) is 14.6 Å². The lowest BCUT2D eigenvalue weighted by Gasteiger charge is -2.21. The zero-order valence-corrected chi connectivity index (χ0v) is 17.5. The second-order valence-electron chi connectivity index (χ2n) is 8.05. The number of aryl methyl sites for hydroxylation is 1. The Morgan fingerprint density at radius 2 is 1.80 bits per heavy atom. The number of carbonyl (C=O) groups is 2. The van der Waals surface area contributed by atoms with Gasteiger partial charge in [0.05, 0.1) is 11.3 Å². The maximum Gasteiger partial charge on any atom is 0.259 e. The quantitative estimate of drug-likeness (QED) is 0.576. The van der Waals surface area contributed by atoms with E-state index in [2.05, 4.69) is 31.1 Å². The zero-order valence-electron chi connectivity index (χ0n) is 17.5. The minimum absolute atomic E-state index is 0. The van der Waals surface area contributed by atoms with Gasteiger partial charge in [0, 0.05) is 21.7 Å². The minimum Gasteiger partial charge on any atom is -0.455 e. The summed E-state index contributed by atoms with van der Waals surface area (Å²) >= 11 is 0. The molecule has 0 atom stereocenters. The molecule has 0 aliphatic carbocycles. The SMILES string of the molecule is Cc1ncccc1Oc1cc(C(C)(C)C)ccc1C(=O)Nc1cccc(C(N)=O)c1.[HH].[HH].[HH]. The van der Waals surface area contributed by atoms with E-state index in [1.807, 2.05) is 25.1 Å². The van der Waals surface area contributed by atoms with Crippen LogP contribution in [0.3, 0.4) is 0 Å². The average molecular weight is 410 g/mol. The Bertz CT molecular complexity index is 1120. The fourth-order valence-electron chi connectivity index (χ4n) is 2.91. The number of hydrogen-bond donors (Lipinski definition) is 2. The molecule has 6 nitrogen and oxygen atoms in total. The molecule has 0 fully saturated rings. The molecular formula is C24H31N3O3. The van der Waals surface area contributed by atoms with Gasteiger partial charge in [0.2, 0.25) is 5.91 Å². The molecule has 30 heavy (non-hydrogen) atoms. The van der Waals surface area contributed by atoms with Crippen LogP contribution in [-0.4, -0.2) is 16.8 Å². The Balaban J connectivity index is 0.00000341. The summed E-state index contributed by atoms with van der Waals surface area (Å²) < 4.78 is 6.10. The second-order valence-corrected chi connectivity index (χ2v) is 8.05. The number of rotatable bonds is 5. The lowest BCUT2D eigenvalue weighted by Crippen LogP contribution is -2.16. The molecule has 0 unspecified atom stereocenters. The van der Waals surface area contributed by atoms with Crippen molar-refractivity contribution in [2.24, 2.45) is 5.73 Å². The fourth-order valence-corrected chi connectivity index (χ4v) is 2.91. The Morgan fingerprint density at radius 3 is 2.47 bits per heavy atom. The van der Waals surface area contributed by atoms with Gasteiger partial charge < -0.3 is 15.8 Å². The second kappa shape index (κ2) is 8.37. The van der Waals surface area contributed by atoms with Gasteiger partial charge in [-0.25, -0.2) is 0 Å². The molecule has 160 valence electrons. The molecule has 1 aromatic heterocycles. The van der Waals surface area contributed by atoms with Crippen LogP contribution in [0.5, 0.6) is 11.5 Å². The van der Waals surface area contributed by atoms with Crippen molar-refractivity contribution >= 4 is 17.5 Å². The number of hydrogen-bond acceptors (Lipinski definition) is 4. The van der Waals surface area contributed by atoms with Gasteiger partial charge in [0.25, 0.3) is 5.91 Å². The predicted molar refractivity (Wildman–Crippen MR) is 123 cm³/mol. The van der Waals surface area contributed by atoms with Gasteiger partial charge in [-0.1, -0.05) is 32.9 Å². The number of nitrogens with two attached hydrogens (primary N) is 1. The number of anilines is 1. The van der Waals surface area contributed by atoms with Crippen molar-refractivity contribution in [3.63, 3.8) is 0 Å². The van der Waals surface area contributed by atoms with E-state index >= 15 is 0 Å². The van der Waals surface area contributed by atoms with Crippen molar-refractivity contribution in [3.8, 4) is 11.5 Å². The van der Waals surface area contributed by atoms with Gasteiger partial charge in [-0.05, 0) is 60.4 Å². The van der Waals surface area contributed by atoms with Crippen LogP contribution >= 0.6 is 0 Å². The molecule has 0 aliphatic heterocycles. The van der Waals surface area contributed by atoms with E-state index in [-0.39, 0.29) is 15.6 Å². The Hall–Kier alpha value is -3.67. The first-order valence-electron chi connectivity index (χ1n) is 9.60. The maximum atomic E-state index is 13.0. The molecule has 2 amide bonds. The largest absolute Gasteiger partial charge is 0.455 e. The number of primary amides is 1. The topological polar surface area (TPSA) is 94.3 Å². The van der Waals surface area contributed by atoms with Crippen LogP contribution in [0.25, 0.3) is 0 Å². The van der Waals surface area contributed by atoms with Crippen LogP contribution in [0, 0.1) is 6.92 Å². The van der Waals surface area contributed by atoms with E-state index in [1.165, 1.54) is 6.07 Å². The Kier molecular flexibility index (Phi) is 5.87. The first-order chi connectivity index (χ1) is 14.1. The highest BCUT2D eigenvalue weighted by Gasteiger charge is 2.20. The summed E-state index contributed by atoms with van der Waals surface area (Å²) in [5, 5.41) is 2.81. The highest BCUT2D eigenvalue weighted by atomic mass is 16.5. The number of benzene rings is 2. The van der Waals surface area contributed by atoms with Crippen molar-refractivity contribution in [3.05, 3.63) is 83.2 Å². The normalized spacial score (nSPS) is 11.1. The van der Waals surface area contributed by atoms with Crippen molar-refractivity contribution in [1.29, 1.82) is 0 Å². The van der Waals surface area contributed by atoms with Gasteiger partial charge >= 0.3 is 0 Å². The van der Waals surface area contributed by atoms with Gasteiger partial charge in [-0.15, -0.1) is 0 Å². The van der Waals surface area contributed by atoms with E-state index in [0.717, 1.165) is 11.3 Å².